The summed E-state index contributed by atoms with van der Waals surface area (Å²) in [7, 11) is 0. The van der Waals surface area contributed by atoms with Crippen LogP contribution in [0.3, 0.4) is 0 Å². The maximum absolute atomic E-state index is 8.22. The molecular formula is C8H11N. The molecule has 48 valence electrons. The Hall–Kier alpha value is -1.03. The van der Waals surface area contributed by atoms with Crippen LogP contribution < -0.4 is 0 Å². The van der Waals surface area contributed by atoms with Gasteiger partial charge in [0.15, 0.2) is 0 Å². The molecule has 1 heteroatoms. The van der Waals surface area contributed by atoms with Crippen LogP contribution in [0, 0.1) is 11.3 Å². The Morgan fingerprint density at radius 3 is 2.78 bits per heavy atom. The van der Waals surface area contributed by atoms with E-state index in [1.165, 1.54) is 0 Å². The molecule has 9 heavy (non-hydrogen) atoms. The van der Waals surface area contributed by atoms with Gasteiger partial charge in [0, 0.05) is 0 Å². The second-order valence-electron chi connectivity index (χ2n) is 1.87. The lowest BCUT2D eigenvalue weighted by molar-refractivity contribution is 1.21. The maximum Gasteiger partial charge on any atom is 0.0666 e. The molecule has 0 aliphatic rings. The van der Waals surface area contributed by atoms with E-state index in [4.69, 9.17) is 5.26 Å². The Balaban J connectivity index is 3.72. The molecule has 0 aromatic carbocycles. The molecule has 0 heterocycles. The van der Waals surface area contributed by atoms with Crippen LogP contribution in [-0.2, 0) is 0 Å². The van der Waals surface area contributed by atoms with Crippen molar-refractivity contribution >= 4 is 0 Å². The van der Waals surface area contributed by atoms with E-state index in [9.17, 15) is 0 Å². The summed E-state index contributed by atoms with van der Waals surface area (Å²) in [5.74, 6) is 0. The van der Waals surface area contributed by atoms with Gasteiger partial charge in [0.1, 0.15) is 0 Å². The van der Waals surface area contributed by atoms with Gasteiger partial charge in [0.2, 0.25) is 0 Å². The molecule has 0 rings (SSSR count). The molecule has 0 fully saturated rings. The molecular weight excluding hydrogens is 110 g/mol. The topological polar surface area (TPSA) is 23.8 Å². The molecule has 0 spiro atoms. The zero-order valence-electron chi connectivity index (χ0n) is 5.89. The summed E-state index contributed by atoms with van der Waals surface area (Å²) in [6.45, 7) is 3.90. The van der Waals surface area contributed by atoms with E-state index < -0.39 is 0 Å². The number of rotatable bonds is 2. The molecule has 0 aliphatic carbocycles. The molecule has 0 N–H and O–H groups in total. The van der Waals surface area contributed by atoms with Crippen LogP contribution in [0.2, 0.25) is 0 Å². The van der Waals surface area contributed by atoms with Crippen LogP contribution >= 0.6 is 0 Å². The van der Waals surface area contributed by atoms with Crippen molar-refractivity contribution in [1.29, 1.82) is 5.26 Å². The van der Waals surface area contributed by atoms with Crippen molar-refractivity contribution in [3.63, 3.8) is 0 Å². The van der Waals surface area contributed by atoms with Gasteiger partial charge in [-0.3, -0.25) is 0 Å². The molecule has 0 radical (unpaired) electrons. The fourth-order valence-electron chi connectivity index (χ4n) is 0.444. The van der Waals surface area contributed by atoms with Gasteiger partial charge in [-0.05, 0) is 13.8 Å². The van der Waals surface area contributed by atoms with Crippen molar-refractivity contribution in [2.24, 2.45) is 0 Å². The lowest BCUT2D eigenvalue weighted by Crippen LogP contribution is -1.69. The number of allylic oxidation sites excluding steroid dienone is 4. The summed E-state index contributed by atoms with van der Waals surface area (Å²) >= 11 is 0. The van der Waals surface area contributed by atoms with E-state index in [0.29, 0.717) is 6.42 Å². The second-order valence-corrected chi connectivity index (χ2v) is 1.87. The first kappa shape index (κ1) is 7.97. The lowest BCUT2D eigenvalue weighted by atomic mass is 10.2. The SMILES string of the molecule is C/C=C\C=C(\C)CC#N. The molecule has 0 atom stereocenters. The highest BCUT2D eigenvalue weighted by Crippen LogP contribution is 1.96. The molecule has 0 aromatic rings. The van der Waals surface area contributed by atoms with Crippen LogP contribution in [0.4, 0.5) is 0 Å². The third-order valence-electron chi connectivity index (χ3n) is 0.931. The summed E-state index contributed by atoms with van der Waals surface area (Å²) in [6, 6.07) is 2.07. The first-order valence-corrected chi connectivity index (χ1v) is 2.96. The van der Waals surface area contributed by atoms with Gasteiger partial charge >= 0.3 is 0 Å². The summed E-state index contributed by atoms with van der Waals surface area (Å²) in [6.07, 6.45) is 6.36. The number of nitriles is 1. The lowest BCUT2D eigenvalue weighted by Gasteiger charge is -1.85. The minimum atomic E-state index is 0.532. The van der Waals surface area contributed by atoms with Gasteiger partial charge in [-0.2, -0.15) is 5.26 Å². The van der Waals surface area contributed by atoms with Gasteiger partial charge in [0.05, 0.1) is 12.5 Å². The van der Waals surface area contributed by atoms with E-state index in [1.54, 1.807) is 0 Å². The molecule has 0 aromatic heterocycles. The molecule has 1 nitrogen and oxygen atoms in total. The van der Waals surface area contributed by atoms with Crippen LogP contribution in [0.5, 0.6) is 0 Å². The third kappa shape index (κ3) is 4.83. The van der Waals surface area contributed by atoms with E-state index in [0.717, 1.165) is 5.57 Å². The summed E-state index contributed by atoms with van der Waals surface area (Å²) in [4.78, 5) is 0. The quantitative estimate of drug-likeness (QED) is 0.515. The average Bonchev–Trinajstić information content (AvgIpc) is 1.85. The third-order valence-corrected chi connectivity index (χ3v) is 0.931. The molecule has 0 aliphatic heterocycles. The summed E-state index contributed by atoms with van der Waals surface area (Å²) < 4.78 is 0. The molecule has 0 saturated heterocycles. The first-order chi connectivity index (χ1) is 4.31. The second kappa shape index (κ2) is 5.11. The number of hydrogen-bond acceptors (Lipinski definition) is 1. The Morgan fingerprint density at radius 2 is 2.33 bits per heavy atom. The normalized spacial score (nSPS) is 11.9. The Kier molecular flexibility index (Phi) is 4.53. The molecule has 0 amide bonds. The van der Waals surface area contributed by atoms with Crippen molar-refractivity contribution in [3.05, 3.63) is 23.8 Å². The van der Waals surface area contributed by atoms with Gasteiger partial charge in [-0.25, -0.2) is 0 Å². The molecule has 0 saturated carbocycles. The van der Waals surface area contributed by atoms with Gasteiger partial charge in [-0.1, -0.05) is 23.8 Å². The predicted molar refractivity (Wildman–Crippen MR) is 38.8 cm³/mol. The Morgan fingerprint density at radius 1 is 1.67 bits per heavy atom. The Labute approximate surface area is 56.3 Å². The van der Waals surface area contributed by atoms with E-state index >= 15 is 0 Å². The predicted octanol–water partition coefficient (Wildman–Crippen LogP) is 2.42. The number of hydrogen-bond donors (Lipinski definition) is 0. The highest BCUT2D eigenvalue weighted by Gasteiger charge is 1.81. The fraction of sp³-hybridized carbons (Fsp3) is 0.375. The molecule has 0 bridgehead atoms. The molecule has 0 unspecified atom stereocenters. The zero-order valence-corrected chi connectivity index (χ0v) is 5.89. The highest BCUT2D eigenvalue weighted by atomic mass is 14.2. The van der Waals surface area contributed by atoms with Crippen LogP contribution in [0.25, 0.3) is 0 Å². The largest absolute Gasteiger partial charge is 0.198 e. The van der Waals surface area contributed by atoms with Crippen molar-refractivity contribution in [3.8, 4) is 6.07 Å². The van der Waals surface area contributed by atoms with E-state index in [2.05, 4.69) is 6.07 Å². The van der Waals surface area contributed by atoms with E-state index in [1.807, 2.05) is 32.1 Å². The monoisotopic (exact) mass is 121 g/mol. The van der Waals surface area contributed by atoms with Gasteiger partial charge in [-0.15, -0.1) is 0 Å². The van der Waals surface area contributed by atoms with Crippen molar-refractivity contribution in [2.75, 3.05) is 0 Å². The van der Waals surface area contributed by atoms with Crippen molar-refractivity contribution < 1.29 is 0 Å². The smallest absolute Gasteiger partial charge is 0.0666 e. The average molecular weight is 121 g/mol. The standard InChI is InChI=1S/C8H11N/c1-3-4-5-8(2)6-7-9/h3-5H,6H2,1-2H3/b4-3-,8-5-. The minimum Gasteiger partial charge on any atom is -0.198 e. The van der Waals surface area contributed by atoms with Crippen LogP contribution in [0.15, 0.2) is 23.8 Å². The summed E-state index contributed by atoms with van der Waals surface area (Å²) in [5.41, 5.74) is 1.11. The first-order valence-electron chi connectivity index (χ1n) is 2.96. The minimum absolute atomic E-state index is 0.532. The van der Waals surface area contributed by atoms with Gasteiger partial charge < -0.3 is 0 Å². The zero-order chi connectivity index (χ0) is 7.11. The van der Waals surface area contributed by atoms with Crippen molar-refractivity contribution in [1.82, 2.24) is 0 Å². The van der Waals surface area contributed by atoms with Crippen LogP contribution in [0.1, 0.15) is 20.3 Å². The highest BCUT2D eigenvalue weighted by molar-refractivity contribution is 5.12. The summed E-state index contributed by atoms with van der Waals surface area (Å²) in [5, 5.41) is 8.22. The van der Waals surface area contributed by atoms with Crippen LogP contribution in [-0.4, -0.2) is 0 Å². The van der Waals surface area contributed by atoms with Gasteiger partial charge in [0.25, 0.3) is 0 Å². The maximum atomic E-state index is 8.22. The van der Waals surface area contributed by atoms with Crippen molar-refractivity contribution in [2.45, 2.75) is 20.3 Å². The number of nitrogens with zero attached hydrogens (tertiary/aromatic N) is 1. The van der Waals surface area contributed by atoms with E-state index in [-0.39, 0.29) is 0 Å². The Bertz CT molecular complexity index is 158. The fourth-order valence-corrected chi connectivity index (χ4v) is 0.444.